The molecule has 134 valence electrons. The normalized spacial score (nSPS) is 19.0. The van der Waals surface area contributed by atoms with E-state index < -0.39 is 4.92 Å². The maximum absolute atomic E-state index is 12.5. The summed E-state index contributed by atoms with van der Waals surface area (Å²) in [6, 6.07) is 3.11. The van der Waals surface area contributed by atoms with Crippen LogP contribution in [0.1, 0.15) is 32.3 Å². The largest absolute Gasteiger partial charge is 0.493 e. The molecule has 0 aliphatic carbocycles. The number of fused-ring (bicyclic) bond motifs is 3. The van der Waals surface area contributed by atoms with Crippen molar-refractivity contribution in [3.8, 4) is 11.5 Å². The fraction of sp³-hybridized carbons (Fsp3) is 0.500. The first-order valence-electron chi connectivity index (χ1n) is 8.44. The predicted molar refractivity (Wildman–Crippen MR) is 92.7 cm³/mol. The molecule has 4 rings (SSSR count). The van der Waals surface area contributed by atoms with E-state index in [1.54, 1.807) is 26.0 Å². The monoisotopic (exact) mass is 346 g/mol. The highest BCUT2D eigenvalue weighted by Crippen LogP contribution is 2.40. The smallest absolute Gasteiger partial charge is 0.315 e. The van der Waals surface area contributed by atoms with Gasteiger partial charge in [-0.15, -0.1) is 0 Å². The SMILES string of the molecule is COc1cc(/C=C2/C(=O)C3CCN2CC3)cc([N+](=O)[O-])c1OC(C)C. The zero-order valence-corrected chi connectivity index (χ0v) is 14.7. The van der Waals surface area contributed by atoms with E-state index in [-0.39, 0.29) is 35.0 Å². The first-order valence-corrected chi connectivity index (χ1v) is 8.44. The van der Waals surface area contributed by atoms with E-state index in [9.17, 15) is 14.9 Å². The molecule has 1 aromatic carbocycles. The Morgan fingerprint density at radius 2 is 2.00 bits per heavy atom. The molecule has 0 unspecified atom stereocenters. The number of carbonyl (C=O) groups is 1. The zero-order chi connectivity index (χ0) is 18.1. The van der Waals surface area contributed by atoms with Gasteiger partial charge in [-0.2, -0.15) is 0 Å². The van der Waals surface area contributed by atoms with Crippen molar-refractivity contribution in [1.29, 1.82) is 0 Å². The van der Waals surface area contributed by atoms with Crippen molar-refractivity contribution in [3.63, 3.8) is 0 Å². The molecule has 3 heterocycles. The Labute approximate surface area is 146 Å². The van der Waals surface area contributed by atoms with Gasteiger partial charge in [0.1, 0.15) is 0 Å². The number of piperidine rings is 3. The van der Waals surface area contributed by atoms with Gasteiger partial charge in [-0.25, -0.2) is 0 Å². The molecule has 3 saturated heterocycles. The predicted octanol–water partition coefficient (Wildman–Crippen LogP) is 3.03. The number of nitrogens with zero attached hydrogens (tertiary/aromatic N) is 2. The summed E-state index contributed by atoms with van der Waals surface area (Å²) < 4.78 is 10.9. The zero-order valence-electron chi connectivity index (χ0n) is 14.7. The summed E-state index contributed by atoms with van der Waals surface area (Å²) in [6.45, 7) is 5.31. The van der Waals surface area contributed by atoms with Gasteiger partial charge in [-0.05, 0) is 44.4 Å². The molecule has 25 heavy (non-hydrogen) atoms. The summed E-state index contributed by atoms with van der Waals surface area (Å²) >= 11 is 0. The number of ether oxygens (including phenoxy) is 2. The molecule has 0 atom stereocenters. The maximum Gasteiger partial charge on any atom is 0.315 e. The van der Waals surface area contributed by atoms with Crippen LogP contribution in [0.25, 0.3) is 6.08 Å². The summed E-state index contributed by atoms with van der Waals surface area (Å²) in [5.74, 6) is 0.609. The number of nitro groups is 1. The molecule has 0 saturated carbocycles. The third-order valence-electron chi connectivity index (χ3n) is 4.59. The number of Topliss-reactive ketones (excluding diaryl/α,β-unsaturated/α-hetero) is 1. The average molecular weight is 346 g/mol. The van der Waals surface area contributed by atoms with E-state index in [1.165, 1.54) is 13.2 Å². The first-order chi connectivity index (χ1) is 11.9. The summed E-state index contributed by atoms with van der Waals surface area (Å²) in [6.07, 6.45) is 3.28. The summed E-state index contributed by atoms with van der Waals surface area (Å²) in [5, 5.41) is 11.5. The number of methoxy groups -OCH3 is 1. The van der Waals surface area contributed by atoms with Gasteiger partial charge in [0.2, 0.25) is 5.75 Å². The van der Waals surface area contributed by atoms with E-state index in [0.29, 0.717) is 11.3 Å². The Bertz CT molecular complexity index is 733. The van der Waals surface area contributed by atoms with Crippen molar-refractivity contribution in [2.75, 3.05) is 20.2 Å². The van der Waals surface area contributed by atoms with E-state index in [1.807, 2.05) is 0 Å². The second-order valence-corrected chi connectivity index (χ2v) is 6.65. The molecule has 3 aliphatic rings. The van der Waals surface area contributed by atoms with Crippen molar-refractivity contribution < 1.29 is 19.2 Å². The van der Waals surface area contributed by atoms with E-state index >= 15 is 0 Å². The van der Waals surface area contributed by atoms with Crippen LogP contribution in [-0.4, -0.2) is 41.9 Å². The Hall–Kier alpha value is -2.57. The number of rotatable bonds is 5. The lowest BCUT2D eigenvalue weighted by Crippen LogP contribution is -2.45. The third kappa shape index (κ3) is 3.31. The second kappa shape index (κ2) is 6.74. The van der Waals surface area contributed by atoms with Gasteiger partial charge in [-0.1, -0.05) is 0 Å². The summed E-state index contributed by atoms with van der Waals surface area (Å²) in [4.78, 5) is 25.5. The van der Waals surface area contributed by atoms with Crippen LogP contribution in [0.3, 0.4) is 0 Å². The van der Waals surface area contributed by atoms with Crippen LogP contribution < -0.4 is 9.47 Å². The standard InChI is InChI=1S/C18H22N2O5/c1-11(2)25-18-15(20(22)23)9-12(10-16(18)24-3)8-14-17(21)13-4-6-19(14)7-5-13/h8-11,13H,4-7H2,1-3H3/b14-8-. The van der Waals surface area contributed by atoms with Crippen LogP contribution in [0.15, 0.2) is 17.8 Å². The van der Waals surface area contributed by atoms with E-state index in [0.717, 1.165) is 25.9 Å². The van der Waals surface area contributed by atoms with Crippen molar-refractivity contribution in [2.45, 2.75) is 32.8 Å². The van der Waals surface area contributed by atoms with Crippen molar-refractivity contribution in [2.24, 2.45) is 5.92 Å². The topological polar surface area (TPSA) is 81.9 Å². The number of ketones is 1. The highest BCUT2D eigenvalue weighted by Gasteiger charge is 2.36. The number of allylic oxidation sites excluding steroid dienone is 1. The molecule has 0 aromatic heterocycles. The van der Waals surface area contributed by atoms with Crippen LogP contribution in [0.2, 0.25) is 0 Å². The van der Waals surface area contributed by atoms with Crippen molar-refractivity contribution in [3.05, 3.63) is 33.5 Å². The van der Waals surface area contributed by atoms with Gasteiger partial charge in [-0.3, -0.25) is 14.9 Å². The molecule has 2 bridgehead atoms. The molecule has 0 spiro atoms. The lowest BCUT2D eigenvalue weighted by molar-refractivity contribution is -0.386. The Morgan fingerprint density at radius 3 is 2.52 bits per heavy atom. The Balaban J connectivity index is 2.05. The van der Waals surface area contributed by atoms with Crippen molar-refractivity contribution in [1.82, 2.24) is 4.90 Å². The minimum atomic E-state index is -0.489. The molecule has 7 nitrogen and oxygen atoms in total. The third-order valence-corrected chi connectivity index (χ3v) is 4.59. The van der Waals surface area contributed by atoms with Gasteiger partial charge in [0.25, 0.3) is 0 Å². The molecule has 0 amide bonds. The van der Waals surface area contributed by atoms with Crippen molar-refractivity contribution >= 4 is 17.5 Å². The molecule has 0 N–H and O–H groups in total. The van der Waals surface area contributed by atoms with E-state index in [2.05, 4.69) is 4.90 Å². The summed E-state index contributed by atoms with van der Waals surface area (Å²) in [5.41, 5.74) is 1.04. The first kappa shape index (κ1) is 17.3. The van der Waals surface area contributed by atoms with Crippen LogP contribution >= 0.6 is 0 Å². The molecular weight excluding hydrogens is 324 g/mol. The maximum atomic E-state index is 12.5. The molecule has 0 radical (unpaired) electrons. The van der Waals surface area contributed by atoms with Gasteiger partial charge < -0.3 is 14.4 Å². The second-order valence-electron chi connectivity index (χ2n) is 6.65. The molecule has 7 heteroatoms. The van der Waals surface area contributed by atoms with Crippen LogP contribution in [0.4, 0.5) is 5.69 Å². The van der Waals surface area contributed by atoms with Gasteiger partial charge in [0.05, 0.1) is 23.8 Å². The summed E-state index contributed by atoms with van der Waals surface area (Å²) in [7, 11) is 1.44. The average Bonchev–Trinajstić information content (AvgIpc) is 2.58. The van der Waals surface area contributed by atoms with Gasteiger partial charge in [0, 0.05) is 25.1 Å². The lowest BCUT2D eigenvalue weighted by Gasteiger charge is -2.41. The van der Waals surface area contributed by atoms with Gasteiger partial charge in [0.15, 0.2) is 11.5 Å². The minimum Gasteiger partial charge on any atom is -0.493 e. The number of hydrogen-bond acceptors (Lipinski definition) is 6. The van der Waals surface area contributed by atoms with Crippen LogP contribution in [0, 0.1) is 16.0 Å². The van der Waals surface area contributed by atoms with Crippen LogP contribution in [0.5, 0.6) is 11.5 Å². The highest BCUT2D eigenvalue weighted by molar-refractivity contribution is 6.02. The van der Waals surface area contributed by atoms with Crippen LogP contribution in [-0.2, 0) is 4.79 Å². The highest BCUT2D eigenvalue weighted by atomic mass is 16.6. The number of nitro benzene ring substituents is 1. The number of carbonyl (C=O) groups excluding carboxylic acids is 1. The fourth-order valence-electron chi connectivity index (χ4n) is 3.40. The minimum absolute atomic E-state index is 0.0803. The van der Waals surface area contributed by atoms with E-state index in [4.69, 9.17) is 9.47 Å². The molecular formula is C18H22N2O5. The molecule has 3 fully saturated rings. The van der Waals surface area contributed by atoms with Gasteiger partial charge >= 0.3 is 5.69 Å². The Morgan fingerprint density at radius 1 is 1.32 bits per heavy atom. The molecule has 3 aliphatic heterocycles. The molecule has 1 aromatic rings. The quantitative estimate of drug-likeness (QED) is 0.463. The Kier molecular flexibility index (Phi) is 4.65. The lowest BCUT2D eigenvalue weighted by atomic mass is 9.84. The number of benzene rings is 1. The fourth-order valence-corrected chi connectivity index (χ4v) is 3.40. The number of hydrogen-bond donors (Lipinski definition) is 0.